The number of imide groups is 1. The van der Waals surface area contributed by atoms with Crippen LogP contribution < -0.4 is 10.2 Å². The van der Waals surface area contributed by atoms with E-state index in [1.165, 1.54) is 17.4 Å². The Morgan fingerprint density at radius 3 is 2.25 bits per heavy atom. The Hall–Kier alpha value is -2.15. The maximum Gasteiger partial charge on any atom is 0.326 e. The summed E-state index contributed by atoms with van der Waals surface area (Å²) in [6.45, 7) is 3.06. The lowest BCUT2D eigenvalue weighted by molar-refractivity contribution is -0.133. The van der Waals surface area contributed by atoms with Crippen LogP contribution in [0.5, 0.6) is 0 Å². The molecule has 1 aromatic rings. The normalized spacial score (nSPS) is 23.6. The van der Waals surface area contributed by atoms with Gasteiger partial charge in [-0.2, -0.15) is 0 Å². The van der Waals surface area contributed by atoms with E-state index in [2.05, 4.69) is 10.2 Å². The third kappa shape index (κ3) is 3.72. The summed E-state index contributed by atoms with van der Waals surface area (Å²) >= 11 is 0. The number of benzene rings is 1. The number of halogens is 1. The number of nitrogens with zero attached hydrogens (tertiary/aromatic N) is 3. The molecule has 0 radical (unpaired) electrons. The van der Waals surface area contributed by atoms with Gasteiger partial charge in [0.05, 0.1) is 12.4 Å². The van der Waals surface area contributed by atoms with Gasteiger partial charge in [0.1, 0.15) is 11.4 Å². The molecular weight excluding hydrogens is 359 g/mol. The molecule has 2 aliphatic heterocycles. The highest BCUT2D eigenvalue weighted by Gasteiger charge is 2.50. The average Bonchev–Trinajstić information content (AvgIpc) is 2.91. The molecule has 0 unspecified atom stereocenters. The Bertz CT molecular complexity index is 725. The Balaban J connectivity index is 1.36. The van der Waals surface area contributed by atoms with Crippen LogP contribution in [-0.4, -0.2) is 60.1 Å². The third-order valence-electron chi connectivity index (χ3n) is 6.36. The van der Waals surface area contributed by atoms with Crippen molar-refractivity contribution in [2.45, 2.75) is 50.5 Å². The first-order valence-electron chi connectivity index (χ1n) is 10.4. The molecule has 1 N–H and O–H groups in total. The third-order valence-corrected chi connectivity index (χ3v) is 6.36. The van der Waals surface area contributed by atoms with Gasteiger partial charge < -0.3 is 10.2 Å². The Kier molecular flexibility index (Phi) is 5.53. The molecule has 6 nitrogen and oxygen atoms in total. The second-order valence-corrected chi connectivity index (χ2v) is 8.21. The number of piperazine rings is 1. The molecule has 28 heavy (non-hydrogen) atoms. The molecule has 0 aromatic heterocycles. The Morgan fingerprint density at radius 2 is 1.57 bits per heavy atom. The highest BCUT2D eigenvalue weighted by molar-refractivity contribution is 6.07. The molecule has 2 saturated heterocycles. The topological polar surface area (TPSA) is 55.9 Å². The minimum atomic E-state index is -0.688. The van der Waals surface area contributed by atoms with Crippen molar-refractivity contribution >= 4 is 17.6 Å². The highest BCUT2D eigenvalue weighted by Crippen LogP contribution is 2.32. The summed E-state index contributed by atoms with van der Waals surface area (Å²) in [7, 11) is 0. The van der Waals surface area contributed by atoms with Crippen LogP contribution in [0.1, 0.15) is 44.9 Å². The molecule has 152 valence electrons. The predicted octanol–water partition coefficient (Wildman–Crippen LogP) is 2.94. The molecule has 1 aromatic carbocycles. The number of amides is 3. The van der Waals surface area contributed by atoms with Crippen LogP contribution >= 0.6 is 0 Å². The molecule has 0 atom stereocenters. The van der Waals surface area contributed by atoms with Crippen molar-refractivity contribution in [3.05, 3.63) is 30.1 Å². The fraction of sp³-hybridized carbons (Fsp3) is 0.619. The average molecular weight is 388 g/mol. The number of nitrogens with one attached hydrogen (secondary N) is 1. The Labute approximate surface area is 165 Å². The number of carbonyl (C=O) groups is 2. The van der Waals surface area contributed by atoms with Gasteiger partial charge in [-0.05, 0) is 25.0 Å². The summed E-state index contributed by atoms with van der Waals surface area (Å²) < 4.78 is 14.0. The van der Waals surface area contributed by atoms with Crippen LogP contribution in [0.3, 0.4) is 0 Å². The lowest BCUT2D eigenvalue weighted by Gasteiger charge is -2.37. The second-order valence-electron chi connectivity index (χ2n) is 8.21. The molecule has 0 bridgehead atoms. The largest absolute Gasteiger partial charge is 0.367 e. The Morgan fingerprint density at radius 1 is 0.929 bits per heavy atom. The first-order chi connectivity index (χ1) is 13.6. The van der Waals surface area contributed by atoms with E-state index in [0.717, 1.165) is 38.5 Å². The summed E-state index contributed by atoms with van der Waals surface area (Å²) in [4.78, 5) is 31.2. The van der Waals surface area contributed by atoms with Crippen molar-refractivity contribution < 1.29 is 14.0 Å². The number of anilines is 1. The quantitative estimate of drug-likeness (QED) is 0.809. The van der Waals surface area contributed by atoms with Crippen molar-refractivity contribution in [2.75, 3.05) is 37.7 Å². The van der Waals surface area contributed by atoms with Crippen LogP contribution in [0.15, 0.2) is 24.3 Å². The molecule has 1 spiro atoms. The van der Waals surface area contributed by atoms with E-state index < -0.39 is 5.54 Å². The number of rotatable bonds is 3. The van der Waals surface area contributed by atoms with Gasteiger partial charge in [0.2, 0.25) is 0 Å². The monoisotopic (exact) mass is 388 g/mol. The van der Waals surface area contributed by atoms with Gasteiger partial charge in [0.25, 0.3) is 5.91 Å². The zero-order chi connectivity index (χ0) is 19.6. The maximum absolute atomic E-state index is 14.0. The summed E-state index contributed by atoms with van der Waals surface area (Å²) in [6.07, 6.45) is 6.94. The number of carbonyl (C=O) groups excluding carboxylic acids is 2. The maximum atomic E-state index is 14.0. The number of para-hydroxylation sites is 1. The number of hydrogen-bond acceptors (Lipinski definition) is 4. The van der Waals surface area contributed by atoms with E-state index in [4.69, 9.17) is 0 Å². The van der Waals surface area contributed by atoms with Gasteiger partial charge in [0.15, 0.2) is 0 Å². The van der Waals surface area contributed by atoms with E-state index in [1.54, 1.807) is 12.1 Å². The molecule has 1 saturated carbocycles. The van der Waals surface area contributed by atoms with E-state index >= 15 is 0 Å². The summed E-state index contributed by atoms with van der Waals surface area (Å²) in [5.41, 5.74) is -0.0717. The summed E-state index contributed by atoms with van der Waals surface area (Å²) in [5, 5.41) is 3.02. The molecule has 3 aliphatic rings. The molecular formula is C21H29FN4O2. The van der Waals surface area contributed by atoms with Crippen molar-refractivity contribution in [3.63, 3.8) is 0 Å². The molecule has 2 heterocycles. The highest BCUT2D eigenvalue weighted by atomic mass is 19.1. The summed E-state index contributed by atoms with van der Waals surface area (Å²) in [6, 6.07) is 6.54. The minimum Gasteiger partial charge on any atom is -0.367 e. The van der Waals surface area contributed by atoms with Gasteiger partial charge in [-0.3, -0.25) is 9.69 Å². The molecule has 3 fully saturated rings. The summed E-state index contributed by atoms with van der Waals surface area (Å²) in [5.74, 6) is -0.271. The smallest absolute Gasteiger partial charge is 0.326 e. The van der Waals surface area contributed by atoms with Gasteiger partial charge >= 0.3 is 6.03 Å². The van der Waals surface area contributed by atoms with Crippen LogP contribution in [0.2, 0.25) is 0 Å². The van der Waals surface area contributed by atoms with E-state index in [0.29, 0.717) is 38.5 Å². The van der Waals surface area contributed by atoms with E-state index in [9.17, 15) is 14.0 Å². The predicted molar refractivity (Wildman–Crippen MR) is 105 cm³/mol. The fourth-order valence-electron chi connectivity index (χ4n) is 4.69. The minimum absolute atomic E-state index is 0.0593. The van der Waals surface area contributed by atoms with Crippen molar-refractivity contribution in [3.8, 4) is 0 Å². The van der Waals surface area contributed by atoms with Gasteiger partial charge in [0, 0.05) is 26.2 Å². The lowest BCUT2D eigenvalue weighted by Crippen LogP contribution is -2.52. The van der Waals surface area contributed by atoms with Gasteiger partial charge in [-0.1, -0.05) is 44.2 Å². The molecule has 4 rings (SSSR count). The van der Waals surface area contributed by atoms with Crippen LogP contribution in [0.25, 0.3) is 0 Å². The molecule has 1 aliphatic carbocycles. The van der Waals surface area contributed by atoms with E-state index in [-0.39, 0.29) is 17.8 Å². The van der Waals surface area contributed by atoms with Gasteiger partial charge in [-0.25, -0.2) is 14.1 Å². The van der Waals surface area contributed by atoms with Crippen molar-refractivity contribution in [1.82, 2.24) is 15.1 Å². The molecule has 7 heteroatoms. The van der Waals surface area contributed by atoms with Gasteiger partial charge in [-0.15, -0.1) is 0 Å². The SMILES string of the molecule is O=C1NC2(CCCCCCC2)C(=O)N1CN1CCN(c2ccccc2F)CC1. The van der Waals surface area contributed by atoms with Crippen LogP contribution in [0.4, 0.5) is 14.9 Å². The lowest BCUT2D eigenvalue weighted by atomic mass is 9.84. The number of hydrogen-bond donors (Lipinski definition) is 1. The van der Waals surface area contributed by atoms with Crippen molar-refractivity contribution in [2.24, 2.45) is 0 Å². The first kappa shape index (κ1) is 19.2. The van der Waals surface area contributed by atoms with Crippen LogP contribution in [-0.2, 0) is 4.79 Å². The zero-order valence-electron chi connectivity index (χ0n) is 16.3. The zero-order valence-corrected chi connectivity index (χ0v) is 16.3. The standard InChI is InChI=1S/C21H29FN4O2/c22-17-8-4-5-9-18(17)25-14-12-24(13-15-25)16-26-19(27)21(23-20(26)28)10-6-2-1-3-7-11-21/h4-5,8-9H,1-3,6-7,10-16H2,(H,23,28). The number of urea groups is 1. The molecule has 3 amide bonds. The second kappa shape index (κ2) is 8.07. The van der Waals surface area contributed by atoms with Crippen LogP contribution in [0, 0.1) is 5.82 Å². The van der Waals surface area contributed by atoms with E-state index in [1.807, 2.05) is 11.0 Å². The van der Waals surface area contributed by atoms with Crippen molar-refractivity contribution in [1.29, 1.82) is 0 Å². The fourth-order valence-corrected chi connectivity index (χ4v) is 4.69. The first-order valence-corrected chi connectivity index (χ1v) is 10.4.